The van der Waals surface area contributed by atoms with Crippen LogP contribution in [0.1, 0.15) is 158 Å². The Morgan fingerprint density at radius 2 is 0.893 bits per heavy atom. The average molecular weight is 966 g/mol. The van der Waals surface area contributed by atoms with Gasteiger partial charge in [-0.25, -0.2) is 0 Å². The Balaban J connectivity index is -0.0000000684. The van der Waals surface area contributed by atoms with Gasteiger partial charge < -0.3 is 4.55 Å². The summed E-state index contributed by atoms with van der Waals surface area (Å²) in [5.41, 5.74) is 0. The fraction of sp³-hybridized carbons (Fsp3) is 0.794. The molecule has 1 unspecified atom stereocenters. The van der Waals surface area contributed by atoms with Gasteiger partial charge in [0.1, 0.15) is 34.7 Å². The summed E-state index contributed by atoms with van der Waals surface area (Å²) in [5, 5.41) is -0.508. The summed E-state index contributed by atoms with van der Waals surface area (Å²) in [7, 11) is -6.55. The third-order valence-corrected chi connectivity index (χ3v) is 7.92. The molecule has 12 nitrogen and oxygen atoms in total. The summed E-state index contributed by atoms with van der Waals surface area (Å²) in [5.74, 6) is 0.0710. The van der Waals surface area contributed by atoms with Gasteiger partial charge in [-0.2, -0.15) is 12.6 Å². The molecule has 0 aliphatic heterocycles. The molecule has 0 amide bonds. The number of carbonyl (C=O) groups excluding carboxylic acids is 7. The number of rotatable bonds is 22. The molecule has 0 saturated heterocycles. The van der Waals surface area contributed by atoms with Crippen molar-refractivity contribution in [2.75, 3.05) is 17.5 Å². The van der Waals surface area contributed by atoms with E-state index in [9.17, 15) is 42.3 Å². The molecule has 22 heteroatoms. The molecule has 56 heavy (non-hydrogen) atoms. The number of hydrogen-bond acceptors (Lipinski definition) is 13. The zero-order valence-corrected chi connectivity index (χ0v) is 47.1. The molecule has 0 aliphatic rings. The van der Waals surface area contributed by atoms with E-state index in [2.05, 4.69) is 18.1 Å². The number of ketones is 6. The standard InChI is InChI=1S/C8H13ClO2.C8H14O4S2.C8H16O.C6H12O.C2H2Cl2O.C2H6.3Na.O3S2/c1-2-7(10)4-3-5-8(11)6-9;1-2-7(9)4-3-5-8(10)6-14(11,12)13;1-3-5-6-7-8(9)4-2;1-3-5-6(7)4-2;3-1-2(4)5;1-2;;;;1-4-5(2)3/h2-6H2,1H3;2-6H2,1H3,(H,11,12,13);3-7H2,1-2H3;3-5H2,1-2H3;1H2;1-2H3;;;;/q;;;;;;;;+1;/p-1. The van der Waals surface area contributed by atoms with Gasteiger partial charge in [0.15, 0.2) is 0 Å². The van der Waals surface area contributed by atoms with E-state index in [1.165, 1.54) is 56.5 Å². The summed E-state index contributed by atoms with van der Waals surface area (Å²) >= 11 is 21.8. The molecule has 0 fully saturated rings. The van der Waals surface area contributed by atoms with Gasteiger partial charge in [0.2, 0.25) is 15.5 Å². The first-order chi connectivity index (χ1) is 25.7. The van der Waals surface area contributed by atoms with Crippen LogP contribution in [0.25, 0.3) is 0 Å². The molecule has 0 bridgehead atoms. The van der Waals surface area contributed by atoms with Crippen LogP contribution in [0.2, 0.25) is 0 Å². The molecule has 0 N–H and O–H groups in total. The summed E-state index contributed by atoms with van der Waals surface area (Å²) < 4.78 is 48.0. The summed E-state index contributed by atoms with van der Waals surface area (Å²) in [6, 6.07) is 0. The summed E-state index contributed by atoms with van der Waals surface area (Å²) in [6.07, 6.45) is 10.9. The molecular weight excluding hydrogens is 904 g/mol. The van der Waals surface area contributed by atoms with Gasteiger partial charge in [-0.1, -0.05) is 68.2 Å². The minimum absolute atomic E-state index is 0. The van der Waals surface area contributed by atoms with Crippen LogP contribution in [0.3, 0.4) is 0 Å². The maximum absolute atomic E-state index is 11.0. The molecule has 318 valence electrons. The van der Waals surface area contributed by atoms with E-state index < -0.39 is 45.0 Å². The van der Waals surface area contributed by atoms with Crippen LogP contribution in [0.5, 0.6) is 0 Å². The molecule has 0 rings (SSSR count). The van der Waals surface area contributed by atoms with Crippen LogP contribution in [0.15, 0.2) is 0 Å². The Kier molecular flexibility index (Phi) is 92.0. The van der Waals surface area contributed by atoms with Crippen molar-refractivity contribution in [1.82, 2.24) is 0 Å². The Bertz CT molecular complexity index is 1240. The number of Topliss-reactive ketones (excluding diaryl/α,β-unsaturated/α-hetero) is 6. The predicted octanol–water partition coefficient (Wildman–Crippen LogP) is 4.09. The molecule has 0 heterocycles. The van der Waals surface area contributed by atoms with Gasteiger partial charge in [-0.15, -0.1) is 23.2 Å². The molecule has 0 aromatic carbocycles. The van der Waals surface area contributed by atoms with Crippen molar-refractivity contribution >= 4 is 158 Å². The van der Waals surface area contributed by atoms with Crippen molar-refractivity contribution in [3.05, 3.63) is 0 Å². The molecule has 0 aliphatic carbocycles. The molecule has 0 aromatic heterocycles. The van der Waals surface area contributed by atoms with E-state index in [-0.39, 0.29) is 65.1 Å². The number of carbonyl (C=O) groups is 7. The third kappa shape index (κ3) is 101. The monoisotopic (exact) mass is 964 g/mol. The van der Waals surface area contributed by atoms with Crippen molar-refractivity contribution in [1.29, 1.82) is 0 Å². The second-order valence-corrected chi connectivity index (χ2v) is 15.8. The Morgan fingerprint density at radius 1 is 0.607 bits per heavy atom. The van der Waals surface area contributed by atoms with Gasteiger partial charge >= 0.3 is 82.4 Å². The minimum atomic E-state index is -3.63. The Morgan fingerprint density at radius 3 is 1.11 bits per heavy atom. The first kappa shape index (κ1) is 78.2. The number of alkyl halides is 2. The first-order valence-electron chi connectivity index (χ1n) is 18.4. The second kappa shape index (κ2) is 65.8. The Hall–Kier alpha value is 1.73. The number of unbranched alkanes of at least 4 members (excludes halogenated alkanes) is 2. The van der Waals surface area contributed by atoms with Crippen molar-refractivity contribution in [2.45, 2.75) is 158 Å². The van der Waals surface area contributed by atoms with Gasteiger partial charge in [-0.05, 0) is 57.2 Å². The van der Waals surface area contributed by atoms with Crippen molar-refractivity contribution in [3.63, 3.8) is 0 Å². The van der Waals surface area contributed by atoms with Crippen LogP contribution in [-0.4, -0.2) is 122 Å². The van der Waals surface area contributed by atoms with Crippen molar-refractivity contribution in [3.8, 4) is 0 Å². The zero-order chi connectivity index (χ0) is 45.3. The molecule has 0 aromatic rings. The zero-order valence-electron chi connectivity index (χ0n) is 35.6. The fourth-order valence-corrected chi connectivity index (χ4v) is 3.93. The number of halogens is 3. The normalized spacial score (nSPS) is 9.71. The summed E-state index contributed by atoms with van der Waals surface area (Å²) in [4.78, 5) is 73.7. The van der Waals surface area contributed by atoms with Crippen LogP contribution in [-0.2, 0) is 73.0 Å². The SMILES string of the molecule is CC.CCC(=O)CCCC(=O)CCl.CCC(=O)CCCC(=O)CS(=O)([O-])=S.CCCC(=O)CC.CCCCCC(=O)CC.O=C(Cl)CCl.O=S=S(=O)=O.[Na+].[Na][Na]. The van der Waals surface area contributed by atoms with E-state index in [0.717, 1.165) is 25.7 Å². The van der Waals surface area contributed by atoms with Crippen molar-refractivity contribution in [2.24, 2.45) is 0 Å². The first-order valence-corrected chi connectivity index (χ1v) is 32.8. The van der Waals surface area contributed by atoms with Crippen LogP contribution in [0.4, 0.5) is 0 Å². The van der Waals surface area contributed by atoms with Gasteiger partial charge in [0.05, 0.1) is 17.5 Å². The topological polar surface area (TPSA) is 211 Å². The molecule has 0 saturated carbocycles. The second-order valence-electron chi connectivity index (χ2n) is 10.2. The van der Waals surface area contributed by atoms with E-state index in [1.807, 2.05) is 41.5 Å². The molecule has 0 spiro atoms. The van der Waals surface area contributed by atoms with Crippen LogP contribution >= 0.6 is 34.8 Å². The quantitative estimate of drug-likeness (QED) is 0.0649. The van der Waals surface area contributed by atoms with Crippen molar-refractivity contribution < 1.29 is 84.5 Å². The molecule has 1 atom stereocenters. The van der Waals surface area contributed by atoms with Crippen LogP contribution in [0, 0.1) is 0 Å². The average Bonchev–Trinajstić information content (AvgIpc) is 3.16. The van der Waals surface area contributed by atoms with E-state index in [0.29, 0.717) is 69.4 Å². The van der Waals surface area contributed by atoms with E-state index in [1.54, 1.807) is 6.92 Å². The fourth-order valence-electron chi connectivity index (χ4n) is 2.86. The van der Waals surface area contributed by atoms with Crippen LogP contribution < -0.4 is 29.6 Å². The third-order valence-electron chi connectivity index (χ3n) is 5.64. The van der Waals surface area contributed by atoms with Gasteiger partial charge in [-0.3, -0.25) is 37.8 Å². The molecular formula is C34H62Cl3Na3O12S4. The maximum atomic E-state index is 11.0. The molecule has 0 radical (unpaired) electrons. The Labute approximate surface area is 412 Å². The van der Waals surface area contributed by atoms with Gasteiger partial charge in [0, 0.05) is 64.2 Å². The van der Waals surface area contributed by atoms with Gasteiger partial charge in [0.25, 0.3) is 0 Å². The predicted molar refractivity (Wildman–Crippen MR) is 231 cm³/mol. The van der Waals surface area contributed by atoms with E-state index >= 15 is 0 Å². The van der Waals surface area contributed by atoms with E-state index in [4.69, 9.17) is 47.4 Å². The number of hydrogen-bond donors (Lipinski definition) is 0. The summed E-state index contributed by atoms with van der Waals surface area (Å²) in [6.45, 7) is 15.6.